The molecule has 0 bridgehead atoms. The van der Waals surface area contributed by atoms with Crippen molar-refractivity contribution in [1.82, 2.24) is 4.72 Å². The number of sulfonamides is 1. The van der Waals surface area contributed by atoms with Crippen LogP contribution < -0.4 is 24.2 Å². The predicted octanol–water partition coefficient (Wildman–Crippen LogP) is 3.32. The molecule has 2 N–H and O–H groups in total. The van der Waals surface area contributed by atoms with Crippen LogP contribution in [0.4, 0.5) is 10.5 Å². The first-order valence-electron chi connectivity index (χ1n) is 10.9. The van der Waals surface area contributed by atoms with Gasteiger partial charge in [0.1, 0.15) is 11.8 Å². The van der Waals surface area contributed by atoms with Crippen molar-refractivity contribution < 1.29 is 37.0 Å². The number of amides is 1. The molecule has 34 heavy (non-hydrogen) atoms. The highest BCUT2D eigenvalue weighted by molar-refractivity contribution is 7.89. The molecule has 0 radical (unpaired) electrons. The van der Waals surface area contributed by atoms with Gasteiger partial charge in [0.2, 0.25) is 10.0 Å². The summed E-state index contributed by atoms with van der Waals surface area (Å²) in [6, 6.07) is 9.26. The van der Waals surface area contributed by atoms with Crippen molar-refractivity contribution in [3.05, 3.63) is 42.5 Å². The molecule has 0 saturated heterocycles. The average molecular weight is 493 g/mol. The summed E-state index contributed by atoms with van der Waals surface area (Å²) in [4.78, 5) is 24.4. The van der Waals surface area contributed by atoms with Gasteiger partial charge in [-0.1, -0.05) is 19.9 Å². The molecular formula is C23H28N2O8S. The highest BCUT2D eigenvalue weighted by Crippen LogP contribution is 2.32. The van der Waals surface area contributed by atoms with Crippen LogP contribution in [0.15, 0.2) is 47.4 Å². The molecule has 0 aromatic heterocycles. The first kappa shape index (κ1) is 25.3. The molecule has 1 atom stereocenters. The summed E-state index contributed by atoms with van der Waals surface area (Å²) in [5.74, 6) is -0.271. The number of benzene rings is 2. The second kappa shape index (κ2) is 11.2. The number of fused-ring (bicyclic) bond motifs is 1. The zero-order valence-corrected chi connectivity index (χ0v) is 20.0. The number of ether oxygens (including phenoxy) is 4. The van der Waals surface area contributed by atoms with Crippen LogP contribution in [-0.2, 0) is 19.6 Å². The third-order valence-corrected chi connectivity index (χ3v) is 6.25. The maximum absolute atomic E-state index is 13.0. The zero-order chi connectivity index (χ0) is 24.7. The van der Waals surface area contributed by atoms with E-state index in [9.17, 15) is 18.0 Å². The maximum Gasteiger partial charge on any atom is 0.411 e. The van der Waals surface area contributed by atoms with Gasteiger partial charge in [-0.15, -0.1) is 0 Å². The molecule has 0 spiro atoms. The van der Waals surface area contributed by atoms with Gasteiger partial charge >= 0.3 is 12.1 Å². The van der Waals surface area contributed by atoms with E-state index < -0.39 is 34.0 Å². The summed E-state index contributed by atoms with van der Waals surface area (Å²) in [6.07, 6.45) is 0.0428. The van der Waals surface area contributed by atoms with Gasteiger partial charge in [0, 0.05) is 24.2 Å². The van der Waals surface area contributed by atoms with Crippen molar-refractivity contribution in [2.45, 2.75) is 38.1 Å². The van der Waals surface area contributed by atoms with Gasteiger partial charge in [0.05, 0.1) is 24.7 Å². The highest BCUT2D eigenvalue weighted by atomic mass is 32.2. The van der Waals surface area contributed by atoms with Gasteiger partial charge in [-0.25, -0.2) is 18.0 Å². The molecule has 1 heterocycles. The molecule has 3 rings (SSSR count). The largest absolute Gasteiger partial charge is 0.490 e. The fraction of sp³-hybridized carbons (Fsp3) is 0.391. The van der Waals surface area contributed by atoms with Crippen LogP contribution in [0.2, 0.25) is 0 Å². The molecule has 184 valence electrons. The minimum atomic E-state index is -4.08. The lowest BCUT2D eigenvalue weighted by Gasteiger charge is -2.21. The number of rotatable bonds is 8. The van der Waals surface area contributed by atoms with E-state index in [1.807, 2.05) is 0 Å². The Bertz CT molecular complexity index is 1130. The summed E-state index contributed by atoms with van der Waals surface area (Å²) in [5, 5.41) is 2.51. The van der Waals surface area contributed by atoms with E-state index in [1.165, 1.54) is 30.3 Å². The van der Waals surface area contributed by atoms with E-state index in [2.05, 4.69) is 10.0 Å². The number of nitrogens with one attached hydrogen (secondary N) is 2. The Labute approximate surface area is 198 Å². The number of anilines is 1. The number of hydrogen-bond acceptors (Lipinski definition) is 8. The lowest BCUT2D eigenvalue weighted by Crippen LogP contribution is -2.46. The molecule has 0 fully saturated rings. The molecule has 0 aliphatic carbocycles. The summed E-state index contributed by atoms with van der Waals surface area (Å²) in [5.41, 5.74) is 0.359. The topological polar surface area (TPSA) is 129 Å². The zero-order valence-electron chi connectivity index (χ0n) is 19.2. The third kappa shape index (κ3) is 6.61. The first-order chi connectivity index (χ1) is 16.2. The number of carbonyl (C=O) groups is 2. The number of carbonyl (C=O) groups excluding carboxylic acids is 2. The predicted molar refractivity (Wildman–Crippen MR) is 124 cm³/mol. The Hall–Kier alpha value is -3.31. The minimum absolute atomic E-state index is 0.0594. The van der Waals surface area contributed by atoms with Gasteiger partial charge in [-0.05, 0) is 37.1 Å². The molecule has 1 amide bonds. The second-order valence-corrected chi connectivity index (χ2v) is 9.51. The monoisotopic (exact) mass is 492 g/mol. The van der Waals surface area contributed by atoms with Crippen molar-refractivity contribution in [1.29, 1.82) is 0 Å². The Morgan fingerprint density at radius 2 is 1.79 bits per heavy atom. The van der Waals surface area contributed by atoms with Crippen molar-refractivity contribution in [2.24, 2.45) is 5.92 Å². The Morgan fingerprint density at radius 1 is 1.06 bits per heavy atom. The summed E-state index contributed by atoms with van der Waals surface area (Å²) < 4.78 is 49.8. The molecule has 11 heteroatoms. The van der Waals surface area contributed by atoms with Crippen molar-refractivity contribution in [3.63, 3.8) is 0 Å². The minimum Gasteiger partial charge on any atom is -0.490 e. The van der Waals surface area contributed by atoms with Crippen LogP contribution in [0.25, 0.3) is 0 Å². The summed E-state index contributed by atoms with van der Waals surface area (Å²) >= 11 is 0. The molecule has 1 unspecified atom stereocenters. The second-order valence-electron chi connectivity index (χ2n) is 7.80. The first-order valence-corrected chi connectivity index (χ1v) is 12.4. The van der Waals surface area contributed by atoms with Crippen molar-refractivity contribution >= 4 is 27.8 Å². The van der Waals surface area contributed by atoms with E-state index in [4.69, 9.17) is 18.9 Å². The van der Waals surface area contributed by atoms with E-state index in [1.54, 1.807) is 32.9 Å². The molecule has 1 aliphatic rings. The normalized spacial score (nSPS) is 14.1. The van der Waals surface area contributed by atoms with Crippen molar-refractivity contribution in [3.8, 4) is 17.2 Å². The van der Waals surface area contributed by atoms with Crippen LogP contribution in [0, 0.1) is 5.92 Å². The van der Waals surface area contributed by atoms with Crippen molar-refractivity contribution in [2.75, 3.05) is 25.1 Å². The Morgan fingerprint density at radius 3 is 2.50 bits per heavy atom. The Kier molecular flexibility index (Phi) is 8.35. The molecule has 1 aliphatic heterocycles. The van der Waals surface area contributed by atoms with Gasteiger partial charge < -0.3 is 18.9 Å². The average Bonchev–Trinajstić information content (AvgIpc) is 3.02. The molecule has 0 saturated carbocycles. The summed E-state index contributed by atoms with van der Waals surface area (Å²) in [6.45, 7) is 6.17. The molecular weight excluding hydrogens is 464 g/mol. The van der Waals surface area contributed by atoms with Gasteiger partial charge in [-0.3, -0.25) is 5.32 Å². The van der Waals surface area contributed by atoms with E-state index in [0.29, 0.717) is 36.8 Å². The smallest absolute Gasteiger partial charge is 0.411 e. The Balaban J connectivity index is 1.74. The fourth-order valence-electron chi connectivity index (χ4n) is 3.10. The van der Waals surface area contributed by atoms with Crippen LogP contribution >= 0.6 is 0 Å². The van der Waals surface area contributed by atoms with Crippen LogP contribution in [0.1, 0.15) is 27.2 Å². The fourth-order valence-corrected chi connectivity index (χ4v) is 4.45. The maximum atomic E-state index is 13.0. The molecule has 2 aromatic rings. The third-order valence-electron chi connectivity index (χ3n) is 4.81. The van der Waals surface area contributed by atoms with Crippen LogP contribution in [0.5, 0.6) is 17.2 Å². The lowest BCUT2D eigenvalue weighted by atomic mass is 10.1. The standard InChI is InChI=1S/C23H28N2O8S/c1-4-30-23(27)24-16-7-5-8-17(13-16)33-22(26)21(15(2)3)25-34(28,29)18-9-10-19-20(14-18)32-12-6-11-31-19/h5,7-10,13-15,21,25H,4,6,11-12H2,1-3H3,(H,24,27). The molecule has 2 aromatic carbocycles. The molecule has 10 nitrogen and oxygen atoms in total. The van der Waals surface area contributed by atoms with Crippen LogP contribution in [-0.4, -0.2) is 46.3 Å². The SMILES string of the molecule is CCOC(=O)Nc1cccc(OC(=O)C(NS(=O)(=O)c2ccc3c(c2)OCCCO3)C(C)C)c1. The van der Waals surface area contributed by atoms with Gasteiger partial charge in [0.25, 0.3) is 0 Å². The summed E-state index contributed by atoms with van der Waals surface area (Å²) in [7, 11) is -4.08. The van der Waals surface area contributed by atoms with E-state index in [-0.39, 0.29) is 17.3 Å². The van der Waals surface area contributed by atoms with Gasteiger partial charge in [0.15, 0.2) is 11.5 Å². The lowest BCUT2D eigenvalue weighted by molar-refractivity contribution is -0.137. The number of esters is 1. The van der Waals surface area contributed by atoms with Gasteiger partial charge in [-0.2, -0.15) is 4.72 Å². The highest BCUT2D eigenvalue weighted by Gasteiger charge is 2.31. The van der Waals surface area contributed by atoms with Crippen LogP contribution in [0.3, 0.4) is 0 Å². The number of hydrogen-bond donors (Lipinski definition) is 2. The van der Waals surface area contributed by atoms with E-state index in [0.717, 1.165) is 0 Å². The van der Waals surface area contributed by atoms with E-state index >= 15 is 0 Å². The quantitative estimate of drug-likeness (QED) is 0.424.